The molecule has 158 valence electrons. The number of halogens is 1. The fourth-order valence-electron chi connectivity index (χ4n) is 4.12. The van der Waals surface area contributed by atoms with Crippen molar-refractivity contribution in [2.45, 2.75) is 25.8 Å². The molecule has 0 atom stereocenters. The molecule has 9 nitrogen and oxygen atoms in total. The molecule has 1 spiro atoms. The summed E-state index contributed by atoms with van der Waals surface area (Å²) in [5.74, 6) is -1.88. The third kappa shape index (κ3) is 2.86. The number of aromatic nitrogens is 2. The van der Waals surface area contributed by atoms with Crippen LogP contribution in [0.15, 0.2) is 29.0 Å². The molecule has 0 unspecified atom stereocenters. The zero-order chi connectivity index (χ0) is 21.0. The molecule has 0 amide bonds. The van der Waals surface area contributed by atoms with Gasteiger partial charge in [0.15, 0.2) is 11.6 Å². The molecule has 1 aliphatic carbocycles. The van der Waals surface area contributed by atoms with E-state index in [4.69, 9.17) is 4.84 Å². The summed E-state index contributed by atoms with van der Waals surface area (Å²) in [6, 6.07) is 1.18. The SMILES string of the molecule is CCONC1=CN(c2nc3c(cc2F)c(=O)c(C(=O)O)cn3C2CC2)CC12CNC2. The number of anilines is 1. The molecule has 2 aromatic heterocycles. The molecule has 2 aromatic rings. The van der Waals surface area contributed by atoms with Gasteiger partial charge in [-0.2, -0.15) is 0 Å². The zero-order valence-corrected chi connectivity index (χ0v) is 16.4. The maximum Gasteiger partial charge on any atom is 0.341 e. The van der Waals surface area contributed by atoms with Crippen molar-refractivity contribution in [1.29, 1.82) is 0 Å². The molecular formula is C20H22FN5O4. The fraction of sp³-hybridized carbons (Fsp3) is 0.450. The van der Waals surface area contributed by atoms with Crippen molar-refractivity contribution >= 4 is 22.8 Å². The molecule has 2 aliphatic heterocycles. The summed E-state index contributed by atoms with van der Waals surface area (Å²) in [4.78, 5) is 35.7. The van der Waals surface area contributed by atoms with Gasteiger partial charge < -0.3 is 19.9 Å². The van der Waals surface area contributed by atoms with Crippen molar-refractivity contribution in [2.75, 3.05) is 31.1 Å². The molecule has 1 saturated carbocycles. The number of fused-ring (bicyclic) bond motifs is 1. The van der Waals surface area contributed by atoms with Gasteiger partial charge in [-0.1, -0.05) is 0 Å². The summed E-state index contributed by atoms with van der Waals surface area (Å²) in [6.07, 6.45) is 4.86. The van der Waals surface area contributed by atoms with Crippen molar-refractivity contribution in [2.24, 2.45) is 5.41 Å². The first-order valence-corrected chi connectivity index (χ1v) is 9.99. The number of nitrogens with one attached hydrogen (secondary N) is 2. The maximum absolute atomic E-state index is 15.1. The van der Waals surface area contributed by atoms with Gasteiger partial charge in [0.05, 0.1) is 23.1 Å². The molecule has 3 N–H and O–H groups in total. The van der Waals surface area contributed by atoms with E-state index >= 15 is 4.39 Å². The van der Waals surface area contributed by atoms with Gasteiger partial charge in [0.2, 0.25) is 5.43 Å². The Labute approximate surface area is 171 Å². The first kappa shape index (κ1) is 19.0. The second-order valence-electron chi connectivity index (χ2n) is 8.07. The minimum atomic E-state index is -1.32. The summed E-state index contributed by atoms with van der Waals surface area (Å²) in [5.41, 5.74) is 2.82. The molecule has 0 bridgehead atoms. The van der Waals surface area contributed by atoms with Crippen LogP contribution in [-0.4, -0.2) is 46.9 Å². The van der Waals surface area contributed by atoms with Crippen LogP contribution in [0, 0.1) is 11.2 Å². The third-order valence-electron chi connectivity index (χ3n) is 5.96. The van der Waals surface area contributed by atoms with Gasteiger partial charge >= 0.3 is 5.97 Å². The number of pyridine rings is 2. The Morgan fingerprint density at radius 1 is 1.47 bits per heavy atom. The van der Waals surface area contributed by atoms with Gasteiger partial charge in [-0.15, -0.1) is 0 Å². The van der Waals surface area contributed by atoms with E-state index in [-0.39, 0.29) is 28.2 Å². The van der Waals surface area contributed by atoms with Gasteiger partial charge in [-0.3, -0.25) is 15.1 Å². The molecule has 0 aromatic carbocycles. The quantitative estimate of drug-likeness (QED) is 0.607. The van der Waals surface area contributed by atoms with E-state index in [2.05, 4.69) is 15.8 Å². The standard InChI is InChI=1S/C20H22FN5O4/c1-2-30-24-15-7-25(10-20(15)8-22-9-20)18-14(21)5-12-16(27)13(19(28)29)6-26(11-3-4-11)17(12)23-18/h5-7,11,22,24H,2-4,8-10H2,1H3,(H,28,29). The van der Waals surface area contributed by atoms with Crippen LogP contribution in [0.3, 0.4) is 0 Å². The van der Waals surface area contributed by atoms with Crippen LogP contribution in [0.1, 0.15) is 36.2 Å². The number of rotatable bonds is 6. The predicted octanol–water partition coefficient (Wildman–Crippen LogP) is 1.36. The van der Waals surface area contributed by atoms with Crippen molar-refractivity contribution in [3.63, 3.8) is 0 Å². The fourth-order valence-corrected chi connectivity index (χ4v) is 4.12. The molecule has 5 rings (SSSR count). The summed E-state index contributed by atoms with van der Waals surface area (Å²) in [6.45, 7) is 4.35. The van der Waals surface area contributed by atoms with Gasteiger partial charge in [0, 0.05) is 38.1 Å². The second-order valence-corrected chi connectivity index (χ2v) is 8.07. The van der Waals surface area contributed by atoms with Crippen molar-refractivity contribution in [3.8, 4) is 0 Å². The number of hydrogen-bond donors (Lipinski definition) is 3. The van der Waals surface area contributed by atoms with E-state index in [9.17, 15) is 14.7 Å². The Kier molecular flexibility index (Phi) is 4.30. The highest BCUT2D eigenvalue weighted by Gasteiger charge is 2.47. The lowest BCUT2D eigenvalue weighted by Gasteiger charge is -2.41. The topological polar surface area (TPSA) is 109 Å². The minimum Gasteiger partial charge on any atom is -0.477 e. The number of hydroxylamine groups is 1. The van der Waals surface area contributed by atoms with Gasteiger partial charge in [-0.05, 0) is 25.8 Å². The van der Waals surface area contributed by atoms with Crippen LogP contribution in [0.4, 0.5) is 10.2 Å². The van der Waals surface area contributed by atoms with Crippen molar-refractivity contribution < 1.29 is 19.1 Å². The average molecular weight is 415 g/mol. The molecule has 1 saturated heterocycles. The normalized spacial score (nSPS) is 19.8. The highest BCUT2D eigenvalue weighted by atomic mass is 19.1. The lowest BCUT2D eigenvalue weighted by atomic mass is 9.80. The minimum absolute atomic E-state index is 0.0149. The monoisotopic (exact) mass is 415 g/mol. The number of hydrogen-bond acceptors (Lipinski definition) is 7. The van der Waals surface area contributed by atoms with Crippen LogP contribution in [0.5, 0.6) is 0 Å². The zero-order valence-electron chi connectivity index (χ0n) is 16.4. The van der Waals surface area contributed by atoms with E-state index in [0.29, 0.717) is 18.8 Å². The smallest absolute Gasteiger partial charge is 0.341 e. The molecule has 30 heavy (non-hydrogen) atoms. The Bertz CT molecular complexity index is 1140. The average Bonchev–Trinajstić information content (AvgIpc) is 3.45. The molecule has 10 heteroatoms. The van der Waals surface area contributed by atoms with Crippen molar-refractivity contribution in [3.05, 3.63) is 45.8 Å². The van der Waals surface area contributed by atoms with E-state index < -0.39 is 17.2 Å². The number of carboxylic acids is 1. The summed E-state index contributed by atoms with van der Waals surface area (Å²) < 4.78 is 16.8. The lowest BCUT2D eigenvalue weighted by molar-refractivity contribution is 0.0488. The van der Waals surface area contributed by atoms with Crippen LogP contribution in [0.25, 0.3) is 11.0 Å². The maximum atomic E-state index is 15.1. The van der Waals surface area contributed by atoms with Crippen LogP contribution in [0.2, 0.25) is 0 Å². The second kappa shape index (κ2) is 6.78. The number of nitrogens with zero attached hydrogens (tertiary/aromatic N) is 3. The summed E-state index contributed by atoms with van der Waals surface area (Å²) in [7, 11) is 0. The number of aromatic carboxylic acids is 1. The predicted molar refractivity (Wildman–Crippen MR) is 107 cm³/mol. The van der Waals surface area contributed by atoms with E-state index in [1.54, 1.807) is 15.7 Å². The third-order valence-corrected chi connectivity index (χ3v) is 5.96. The van der Waals surface area contributed by atoms with Crippen molar-refractivity contribution in [1.82, 2.24) is 20.3 Å². The highest BCUT2D eigenvalue weighted by molar-refractivity contribution is 5.92. The van der Waals surface area contributed by atoms with Gasteiger partial charge in [0.1, 0.15) is 11.2 Å². The lowest BCUT2D eigenvalue weighted by Crippen LogP contribution is -2.58. The Balaban J connectivity index is 1.62. The largest absolute Gasteiger partial charge is 0.477 e. The van der Waals surface area contributed by atoms with E-state index in [0.717, 1.165) is 37.7 Å². The van der Waals surface area contributed by atoms with Crippen LogP contribution < -0.4 is 21.1 Å². The Hall–Kier alpha value is -2.98. The van der Waals surface area contributed by atoms with Gasteiger partial charge in [0.25, 0.3) is 0 Å². The molecule has 3 aliphatic rings. The van der Waals surface area contributed by atoms with Crippen LogP contribution in [-0.2, 0) is 4.84 Å². The van der Waals surface area contributed by atoms with E-state index in [1.165, 1.54) is 6.20 Å². The summed E-state index contributed by atoms with van der Waals surface area (Å²) in [5, 5.41) is 12.6. The van der Waals surface area contributed by atoms with Gasteiger partial charge in [-0.25, -0.2) is 14.2 Å². The molecular weight excluding hydrogens is 393 g/mol. The van der Waals surface area contributed by atoms with E-state index in [1.807, 2.05) is 6.92 Å². The molecule has 0 radical (unpaired) electrons. The number of carboxylic acid groups (broad SMARTS) is 1. The Morgan fingerprint density at radius 3 is 2.83 bits per heavy atom. The van der Waals surface area contributed by atoms with Crippen LogP contribution >= 0.6 is 0 Å². The molecule has 2 fully saturated rings. The number of carbonyl (C=O) groups is 1. The first-order valence-electron chi connectivity index (χ1n) is 9.99. The highest BCUT2D eigenvalue weighted by Crippen LogP contribution is 2.40. The summed E-state index contributed by atoms with van der Waals surface area (Å²) >= 11 is 0. The molecule has 4 heterocycles. The Morgan fingerprint density at radius 2 is 2.23 bits per heavy atom. The first-order chi connectivity index (χ1) is 14.4.